The highest BCUT2D eigenvalue weighted by Crippen LogP contribution is 2.21. The number of carbonyl (C=O) groups is 1. The maximum atomic E-state index is 13.2. The quantitative estimate of drug-likeness (QED) is 0.370. The van der Waals surface area contributed by atoms with Crippen LogP contribution in [0.2, 0.25) is 0 Å². The summed E-state index contributed by atoms with van der Waals surface area (Å²) in [4.78, 5) is 28.2. The Balaban J connectivity index is 0.00000341. The lowest BCUT2D eigenvalue weighted by molar-refractivity contribution is -0.118. The fourth-order valence-corrected chi connectivity index (χ4v) is 2.62. The molecule has 0 bridgehead atoms. The third-order valence-electron chi connectivity index (χ3n) is 4.07. The van der Waals surface area contributed by atoms with Gasteiger partial charge in [-0.15, -0.1) is 12.4 Å². The summed E-state index contributed by atoms with van der Waals surface area (Å²) in [6.07, 6.45) is 4.74. The van der Waals surface area contributed by atoms with E-state index in [-0.39, 0.29) is 30.2 Å². The van der Waals surface area contributed by atoms with Crippen molar-refractivity contribution in [3.05, 3.63) is 60.3 Å². The number of nitrogens with one attached hydrogen (secondary N) is 4. The van der Waals surface area contributed by atoms with Gasteiger partial charge in [0.1, 0.15) is 23.3 Å². The van der Waals surface area contributed by atoms with Crippen LogP contribution in [0, 0.1) is 5.82 Å². The minimum absolute atomic E-state index is 0. The normalized spacial score (nSPS) is 11.1. The SMILES string of the molecule is CC(=O)NCCNc1cc(Nc2cnccn2)nc(NC(C)c2ccc(F)cc2)n1.Cl. The first-order valence-electron chi connectivity index (χ1n) is 9.42. The van der Waals surface area contributed by atoms with E-state index in [1.807, 2.05) is 6.92 Å². The Morgan fingerprint density at radius 3 is 2.48 bits per heavy atom. The molecule has 0 saturated carbocycles. The number of amides is 1. The van der Waals surface area contributed by atoms with E-state index < -0.39 is 0 Å². The number of halogens is 2. The third kappa shape index (κ3) is 7.67. The molecule has 1 aromatic carbocycles. The predicted octanol–water partition coefficient (Wildman–Crippen LogP) is 3.29. The fraction of sp³-hybridized carbons (Fsp3) is 0.250. The first-order valence-corrected chi connectivity index (χ1v) is 9.42. The van der Waals surface area contributed by atoms with Gasteiger partial charge in [0.2, 0.25) is 11.9 Å². The molecule has 0 spiro atoms. The van der Waals surface area contributed by atoms with Crippen LogP contribution in [-0.2, 0) is 4.79 Å². The van der Waals surface area contributed by atoms with Crippen molar-refractivity contribution in [1.82, 2.24) is 25.3 Å². The summed E-state index contributed by atoms with van der Waals surface area (Å²) in [5.74, 6) is 1.61. The van der Waals surface area contributed by atoms with Crippen molar-refractivity contribution in [1.29, 1.82) is 0 Å². The number of benzene rings is 1. The molecule has 2 aromatic heterocycles. The summed E-state index contributed by atoms with van der Waals surface area (Å²) >= 11 is 0. The summed E-state index contributed by atoms with van der Waals surface area (Å²) in [5.41, 5.74) is 0.896. The molecule has 1 amide bonds. The first kappa shape index (κ1) is 23.7. The summed E-state index contributed by atoms with van der Waals surface area (Å²) in [6, 6.07) is 7.83. The Hall–Kier alpha value is -3.53. The molecule has 0 aliphatic rings. The average molecular weight is 447 g/mol. The molecule has 164 valence electrons. The van der Waals surface area contributed by atoms with Crippen molar-refractivity contribution >= 4 is 41.7 Å². The number of rotatable bonds is 9. The van der Waals surface area contributed by atoms with Crippen LogP contribution in [0.25, 0.3) is 0 Å². The van der Waals surface area contributed by atoms with Crippen LogP contribution in [0.15, 0.2) is 48.9 Å². The van der Waals surface area contributed by atoms with Gasteiger partial charge in [-0.2, -0.15) is 9.97 Å². The maximum Gasteiger partial charge on any atom is 0.227 e. The number of hydrogen-bond donors (Lipinski definition) is 4. The van der Waals surface area contributed by atoms with E-state index in [0.717, 1.165) is 5.56 Å². The van der Waals surface area contributed by atoms with Crippen molar-refractivity contribution in [2.75, 3.05) is 29.0 Å². The number of hydrogen-bond acceptors (Lipinski definition) is 8. The highest BCUT2D eigenvalue weighted by Gasteiger charge is 2.11. The van der Waals surface area contributed by atoms with E-state index in [0.29, 0.717) is 36.5 Å². The van der Waals surface area contributed by atoms with Gasteiger partial charge < -0.3 is 21.3 Å². The molecule has 0 aliphatic carbocycles. The van der Waals surface area contributed by atoms with Crippen molar-refractivity contribution < 1.29 is 9.18 Å². The smallest absolute Gasteiger partial charge is 0.227 e. The molecule has 1 atom stereocenters. The second kappa shape index (κ2) is 11.6. The van der Waals surface area contributed by atoms with Gasteiger partial charge >= 0.3 is 0 Å². The minimum atomic E-state index is -0.289. The molecular formula is C20H24ClFN8O. The topological polar surface area (TPSA) is 117 Å². The monoisotopic (exact) mass is 446 g/mol. The van der Waals surface area contributed by atoms with Gasteiger partial charge in [-0.3, -0.25) is 9.78 Å². The predicted molar refractivity (Wildman–Crippen MR) is 120 cm³/mol. The van der Waals surface area contributed by atoms with E-state index in [9.17, 15) is 9.18 Å². The van der Waals surface area contributed by atoms with Gasteiger partial charge in [0.25, 0.3) is 0 Å². The number of aromatic nitrogens is 4. The Bertz CT molecular complexity index is 975. The molecule has 4 N–H and O–H groups in total. The van der Waals surface area contributed by atoms with Crippen molar-refractivity contribution in [3.63, 3.8) is 0 Å². The second-order valence-electron chi connectivity index (χ2n) is 6.51. The number of nitrogens with zero attached hydrogens (tertiary/aromatic N) is 4. The van der Waals surface area contributed by atoms with Gasteiger partial charge in [0.15, 0.2) is 0 Å². The zero-order valence-electron chi connectivity index (χ0n) is 17.1. The molecular weight excluding hydrogens is 423 g/mol. The summed E-state index contributed by atoms with van der Waals surface area (Å²) in [5, 5.41) is 12.2. The summed E-state index contributed by atoms with van der Waals surface area (Å²) < 4.78 is 13.2. The standard InChI is InChI=1S/C20H23FN8O.ClH/c1-13(15-3-5-16(21)6-4-15)26-20-28-17(24-10-9-23-14(2)30)11-18(29-20)27-19-12-22-7-8-25-19;/h3-8,11-13H,9-10H2,1-2H3,(H,23,30)(H3,24,25,26,27,28,29);1H. The molecule has 0 saturated heterocycles. The highest BCUT2D eigenvalue weighted by atomic mass is 35.5. The van der Waals surface area contributed by atoms with Gasteiger partial charge in [-0.25, -0.2) is 9.37 Å². The van der Waals surface area contributed by atoms with Crippen molar-refractivity contribution in [3.8, 4) is 0 Å². The lowest BCUT2D eigenvalue weighted by atomic mass is 10.1. The van der Waals surface area contributed by atoms with E-state index in [1.54, 1.807) is 36.8 Å². The van der Waals surface area contributed by atoms with Gasteiger partial charge in [-0.1, -0.05) is 12.1 Å². The second-order valence-corrected chi connectivity index (χ2v) is 6.51. The molecule has 3 aromatic rings. The Kier molecular flexibility index (Phi) is 8.89. The lowest BCUT2D eigenvalue weighted by Crippen LogP contribution is -2.26. The first-order chi connectivity index (χ1) is 14.5. The third-order valence-corrected chi connectivity index (χ3v) is 4.07. The summed E-state index contributed by atoms with van der Waals surface area (Å²) in [6.45, 7) is 4.35. The number of carbonyl (C=O) groups excluding carboxylic acids is 1. The van der Waals surface area contributed by atoms with Crippen LogP contribution < -0.4 is 21.3 Å². The van der Waals surface area contributed by atoms with Crippen LogP contribution in [0.1, 0.15) is 25.5 Å². The van der Waals surface area contributed by atoms with Crippen LogP contribution in [-0.4, -0.2) is 38.9 Å². The molecule has 3 rings (SSSR count). The van der Waals surface area contributed by atoms with Crippen LogP contribution in [0.3, 0.4) is 0 Å². The van der Waals surface area contributed by atoms with E-state index in [2.05, 4.69) is 41.2 Å². The maximum absolute atomic E-state index is 13.2. The molecule has 1 unspecified atom stereocenters. The molecule has 11 heteroatoms. The molecule has 0 fully saturated rings. The number of anilines is 4. The minimum Gasteiger partial charge on any atom is -0.368 e. The van der Waals surface area contributed by atoms with Crippen LogP contribution >= 0.6 is 12.4 Å². The average Bonchev–Trinajstić information content (AvgIpc) is 2.72. The van der Waals surface area contributed by atoms with Gasteiger partial charge in [0, 0.05) is 38.5 Å². The molecule has 31 heavy (non-hydrogen) atoms. The molecule has 2 heterocycles. The van der Waals surface area contributed by atoms with Gasteiger partial charge in [-0.05, 0) is 24.6 Å². The van der Waals surface area contributed by atoms with E-state index >= 15 is 0 Å². The Morgan fingerprint density at radius 1 is 1.06 bits per heavy atom. The largest absolute Gasteiger partial charge is 0.368 e. The van der Waals surface area contributed by atoms with Crippen LogP contribution in [0.4, 0.5) is 27.8 Å². The zero-order valence-corrected chi connectivity index (χ0v) is 17.9. The molecule has 0 aliphatic heterocycles. The lowest BCUT2D eigenvalue weighted by Gasteiger charge is -2.16. The zero-order chi connectivity index (χ0) is 21.3. The van der Waals surface area contributed by atoms with Gasteiger partial charge in [0.05, 0.1) is 12.2 Å². The molecule has 0 radical (unpaired) electrons. The Morgan fingerprint density at radius 2 is 1.81 bits per heavy atom. The van der Waals surface area contributed by atoms with E-state index in [1.165, 1.54) is 19.1 Å². The van der Waals surface area contributed by atoms with Crippen LogP contribution in [0.5, 0.6) is 0 Å². The summed E-state index contributed by atoms with van der Waals surface area (Å²) in [7, 11) is 0. The van der Waals surface area contributed by atoms with E-state index in [4.69, 9.17) is 0 Å². The van der Waals surface area contributed by atoms with Crippen molar-refractivity contribution in [2.45, 2.75) is 19.9 Å². The fourth-order valence-electron chi connectivity index (χ4n) is 2.62. The Labute approximate surface area is 185 Å². The molecule has 9 nitrogen and oxygen atoms in total. The highest BCUT2D eigenvalue weighted by molar-refractivity contribution is 5.85. The van der Waals surface area contributed by atoms with Crippen molar-refractivity contribution in [2.24, 2.45) is 0 Å².